The average Bonchev–Trinajstić information content (AvgIpc) is 3.05. The van der Waals surface area contributed by atoms with Gasteiger partial charge in [-0.2, -0.15) is 0 Å². The zero-order valence-corrected chi connectivity index (χ0v) is 18.9. The van der Waals surface area contributed by atoms with Crippen LogP contribution in [-0.4, -0.2) is 48.0 Å². The number of amides is 2. The van der Waals surface area contributed by atoms with Crippen molar-refractivity contribution >= 4 is 23.6 Å². The van der Waals surface area contributed by atoms with Gasteiger partial charge >= 0.3 is 6.09 Å². The summed E-state index contributed by atoms with van der Waals surface area (Å²) in [4.78, 5) is 28.0. The first-order valence-corrected chi connectivity index (χ1v) is 11.4. The van der Waals surface area contributed by atoms with Gasteiger partial charge < -0.3 is 20.3 Å². The van der Waals surface area contributed by atoms with Crippen LogP contribution in [0.25, 0.3) is 0 Å². The maximum atomic E-state index is 12.7. The van der Waals surface area contributed by atoms with E-state index < -0.39 is 6.09 Å². The molecule has 2 N–H and O–H groups in total. The van der Waals surface area contributed by atoms with E-state index in [1.807, 2.05) is 35.2 Å². The number of benzene rings is 2. The van der Waals surface area contributed by atoms with Crippen LogP contribution in [-0.2, 0) is 11.3 Å². The number of carbonyl (C=O) groups excluding carboxylic acids is 2. The number of piperidine rings is 1. The molecule has 6 nitrogen and oxygen atoms in total. The zero-order chi connectivity index (χ0) is 22.6. The smallest absolute Gasteiger partial charge is 0.409 e. The van der Waals surface area contributed by atoms with Gasteiger partial charge in [-0.05, 0) is 86.1 Å². The molecular formula is C25H29ClN3O3. The van der Waals surface area contributed by atoms with Crippen molar-refractivity contribution in [3.05, 3.63) is 71.1 Å². The van der Waals surface area contributed by atoms with Crippen molar-refractivity contribution in [1.29, 1.82) is 0 Å². The molecule has 2 aromatic rings. The Balaban J connectivity index is 1.23. The fourth-order valence-electron chi connectivity index (χ4n) is 4.76. The molecule has 1 radical (unpaired) electrons. The van der Waals surface area contributed by atoms with Gasteiger partial charge in [-0.3, -0.25) is 4.79 Å². The minimum Gasteiger partial charge on any atom is -0.411 e. The molecule has 4 rings (SSSR count). The van der Waals surface area contributed by atoms with Gasteiger partial charge in [-0.25, -0.2) is 4.79 Å². The number of ether oxygens (including phenoxy) is 1. The van der Waals surface area contributed by atoms with E-state index in [0.717, 1.165) is 61.6 Å². The van der Waals surface area contributed by atoms with E-state index in [1.165, 1.54) is 0 Å². The molecule has 0 unspecified atom stereocenters. The molecule has 0 atom stereocenters. The second-order valence-electron chi connectivity index (χ2n) is 8.88. The van der Waals surface area contributed by atoms with E-state index in [1.54, 1.807) is 12.1 Å². The van der Waals surface area contributed by atoms with Gasteiger partial charge in [0.15, 0.2) is 0 Å². The molecule has 0 aliphatic carbocycles. The standard InChI is InChI=1S/C25H29ClN3O3/c26-21-5-1-3-19(15-21)4-2-12-28-13-10-25(11-14-28)16-23(30)29(18-25)17-20-6-8-22(9-7-20)32-24(27)31/h1,3-9,15H,2,10-14,16-18H2,(H2,27,31). The predicted molar refractivity (Wildman–Crippen MR) is 124 cm³/mol. The number of likely N-dealkylation sites (tertiary alicyclic amines) is 2. The molecule has 0 aromatic heterocycles. The van der Waals surface area contributed by atoms with Crippen LogP contribution in [0.15, 0.2) is 48.5 Å². The van der Waals surface area contributed by atoms with Crippen LogP contribution in [0.3, 0.4) is 0 Å². The Morgan fingerprint density at radius 3 is 2.59 bits per heavy atom. The minimum absolute atomic E-state index is 0.0965. The third-order valence-electron chi connectivity index (χ3n) is 6.51. The number of hydrogen-bond donors (Lipinski definition) is 1. The third-order valence-corrected chi connectivity index (χ3v) is 6.75. The van der Waals surface area contributed by atoms with Crippen LogP contribution < -0.4 is 10.5 Å². The van der Waals surface area contributed by atoms with E-state index >= 15 is 0 Å². The Morgan fingerprint density at radius 1 is 1.16 bits per heavy atom. The van der Waals surface area contributed by atoms with Crippen LogP contribution in [0.2, 0.25) is 5.02 Å². The third kappa shape index (κ3) is 5.81. The number of halogens is 1. The Kier molecular flexibility index (Phi) is 7.01. The first kappa shape index (κ1) is 22.6. The van der Waals surface area contributed by atoms with Gasteiger partial charge in [-0.15, -0.1) is 0 Å². The van der Waals surface area contributed by atoms with Gasteiger partial charge in [0.25, 0.3) is 0 Å². The molecule has 32 heavy (non-hydrogen) atoms. The van der Waals surface area contributed by atoms with Crippen molar-refractivity contribution in [2.45, 2.75) is 32.2 Å². The number of primary amides is 1. The number of hydrogen-bond acceptors (Lipinski definition) is 4. The Morgan fingerprint density at radius 2 is 1.91 bits per heavy atom. The lowest BCUT2D eigenvalue weighted by Crippen LogP contribution is -2.41. The SMILES string of the molecule is NC(=O)Oc1ccc(CN2CC3(CCN(CC[CH]c4cccc(Cl)c4)CC3)CC2=O)cc1. The molecule has 169 valence electrons. The molecule has 2 amide bonds. The molecule has 0 saturated carbocycles. The van der Waals surface area contributed by atoms with Crippen molar-refractivity contribution in [3.63, 3.8) is 0 Å². The summed E-state index contributed by atoms with van der Waals surface area (Å²) in [5.74, 6) is 0.635. The van der Waals surface area contributed by atoms with Gasteiger partial charge in [0.05, 0.1) is 0 Å². The summed E-state index contributed by atoms with van der Waals surface area (Å²) in [6.07, 6.45) is 5.14. The molecule has 2 saturated heterocycles. The lowest BCUT2D eigenvalue weighted by atomic mass is 9.77. The summed E-state index contributed by atoms with van der Waals surface area (Å²) < 4.78 is 4.86. The monoisotopic (exact) mass is 454 g/mol. The largest absolute Gasteiger partial charge is 0.411 e. The van der Waals surface area contributed by atoms with E-state index in [4.69, 9.17) is 22.1 Å². The summed E-state index contributed by atoms with van der Waals surface area (Å²) in [5, 5.41) is 0.768. The molecule has 2 aliphatic heterocycles. The molecule has 2 aromatic carbocycles. The zero-order valence-electron chi connectivity index (χ0n) is 18.1. The highest BCUT2D eigenvalue weighted by Gasteiger charge is 2.44. The minimum atomic E-state index is -0.830. The topological polar surface area (TPSA) is 75.9 Å². The van der Waals surface area contributed by atoms with E-state index in [2.05, 4.69) is 17.4 Å². The average molecular weight is 455 g/mol. The maximum absolute atomic E-state index is 12.7. The van der Waals surface area contributed by atoms with Crippen LogP contribution in [0.1, 0.15) is 36.8 Å². The Hall–Kier alpha value is -2.57. The molecule has 2 heterocycles. The molecule has 0 bridgehead atoms. The summed E-state index contributed by atoms with van der Waals surface area (Å²) in [7, 11) is 0. The highest BCUT2D eigenvalue weighted by Crippen LogP contribution is 2.41. The predicted octanol–water partition coefficient (Wildman–Crippen LogP) is 4.25. The summed E-state index contributed by atoms with van der Waals surface area (Å²) in [5.41, 5.74) is 7.31. The molecule has 7 heteroatoms. The van der Waals surface area contributed by atoms with Gasteiger partial charge in [0.2, 0.25) is 5.91 Å². The maximum Gasteiger partial charge on any atom is 0.409 e. The highest BCUT2D eigenvalue weighted by atomic mass is 35.5. The summed E-state index contributed by atoms with van der Waals surface area (Å²) >= 11 is 6.06. The summed E-state index contributed by atoms with van der Waals surface area (Å²) in [6.45, 7) is 4.48. The van der Waals surface area contributed by atoms with E-state index in [0.29, 0.717) is 18.7 Å². The normalized spacial score (nSPS) is 18.3. The number of carbonyl (C=O) groups is 2. The Labute approximate surface area is 194 Å². The first-order chi connectivity index (χ1) is 15.4. The van der Waals surface area contributed by atoms with E-state index in [9.17, 15) is 9.59 Å². The quantitative estimate of drug-likeness (QED) is 0.678. The van der Waals surface area contributed by atoms with Crippen molar-refractivity contribution in [1.82, 2.24) is 9.80 Å². The lowest BCUT2D eigenvalue weighted by molar-refractivity contribution is -0.128. The fraction of sp³-hybridized carbons (Fsp3) is 0.400. The van der Waals surface area contributed by atoms with E-state index in [-0.39, 0.29) is 11.3 Å². The number of rotatable bonds is 7. The van der Waals surface area contributed by atoms with Crippen molar-refractivity contribution in [2.75, 3.05) is 26.2 Å². The van der Waals surface area contributed by atoms with Crippen molar-refractivity contribution in [3.8, 4) is 5.75 Å². The molecule has 2 fully saturated rings. The Bertz CT molecular complexity index is 955. The molecule has 1 spiro atoms. The highest BCUT2D eigenvalue weighted by molar-refractivity contribution is 6.30. The van der Waals surface area contributed by atoms with Crippen molar-refractivity contribution < 1.29 is 14.3 Å². The van der Waals surface area contributed by atoms with Crippen LogP contribution in [0, 0.1) is 11.8 Å². The number of nitrogens with two attached hydrogens (primary N) is 1. The second kappa shape index (κ2) is 9.92. The molecule has 2 aliphatic rings. The van der Waals surface area contributed by atoms with Crippen LogP contribution in [0.4, 0.5) is 4.79 Å². The van der Waals surface area contributed by atoms with Gasteiger partial charge in [-0.1, -0.05) is 35.9 Å². The van der Waals surface area contributed by atoms with Gasteiger partial charge in [0.1, 0.15) is 5.75 Å². The second-order valence-corrected chi connectivity index (χ2v) is 9.32. The molecular weight excluding hydrogens is 426 g/mol. The van der Waals surface area contributed by atoms with Crippen LogP contribution in [0.5, 0.6) is 5.75 Å². The lowest BCUT2D eigenvalue weighted by Gasteiger charge is -2.38. The number of nitrogens with zero attached hydrogens (tertiary/aromatic N) is 2. The summed E-state index contributed by atoms with van der Waals surface area (Å²) in [6, 6.07) is 15.1. The van der Waals surface area contributed by atoms with Crippen LogP contribution >= 0.6 is 11.6 Å². The van der Waals surface area contributed by atoms with Gasteiger partial charge in [0, 0.05) is 24.5 Å². The first-order valence-electron chi connectivity index (χ1n) is 11.1. The van der Waals surface area contributed by atoms with Crippen molar-refractivity contribution in [2.24, 2.45) is 11.1 Å². The fourth-order valence-corrected chi connectivity index (χ4v) is 4.96.